The first-order valence-corrected chi connectivity index (χ1v) is 9.18. The van der Waals surface area contributed by atoms with Crippen LogP contribution in [0.3, 0.4) is 0 Å². The second kappa shape index (κ2) is 18.0. The van der Waals surface area contributed by atoms with Gasteiger partial charge in [-0.15, -0.1) is 0 Å². The highest BCUT2D eigenvalue weighted by atomic mass is 79.9. The lowest BCUT2D eigenvalue weighted by atomic mass is 10.1. The van der Waals surface area contributed by atoms with Gasteiger partial charge in [0.25, 0.3) is 0 Å². The van der Waals surface area contributed by atoms with E-state index in [1.807, 2.05) is 6.08 Å². The minimum Gasteiger partial charge on any atom is -0.469 e. The zero-order valence-corrected chi connectivity index (χ0v) is 15.4. The molecule has 2 nitrogen and oxygen atoms in total. The molecule has 0 unspecified atom stereocenters. The lowest BCUT2D eigenvalue weighted by Gasteiger charge is -1.99. The van der Waals surface area contributed by atoms with Crippen molar-refractivity contribution in [1.29, 1.82) is 0 Å². The van der Waals surface area contributed by atoms with Gasteiger partial charge in [-0.25, -0.2) is 0 Å². The van der Waals surface area contributed by atoms with E-state index in [1.165, 1.54) is 45.6 Å². The van der Waals surface area contributed by atoms with Gasteiger partial charge < -0.3 is 4.74 Å². The number of ether oxygens (including phenoxy) is 1. The molecule has 0 aliphatic carbocycles. The fourth-order valence-electron chi connectivity index (χ4n) is 2.05. The first kappa shape index (κ1) is 21.0. The molecular formula is C19H29BrO2. The number of methoxy groups -OCH3 is 1. The van der Waals surface area contributed by atoms with Crippen LogP contribution in [0.1, 0.15) is 70.6 Å². The Balaban J connectivity index is 3.20. The normalized spacial score (nSPS) is 10.8. The fourth-order valence-corrected chi connectivity index (χ4v) is 2.18. The Labute approximate surface area is 144 Å². The molecule has 0 atom stereocenters. The van der Waals surface area contributed by atoms with Crippen molar-refractivity contribution in [2.45, 2.75) is 70.6 Å². The number of esters is 1. The van der Waals surface area contributed by atoms with Crippen molar-refractivity contribution < 1.29 is 9.53 Å². The molecule has 124 valence electrons. The van der Waals surface area contributed by atoms with Gasteiger partial charge >= 0.3 is 5.97 Å². The number of halogens is 1. The molecular weight excluding hydrogens is 340 g/mol. The Bertz CT molecular complexity index is 375. The minimum absolute atomic E-state index is 0.112. The molecule has 0 bridgehead atoms. The van der Waals surface area contributed by atoms with E-state index in [-0.39, 0.29) is 5.97 Å². The van der Waals surface area contributed by atoms with E-state index in [0.717, 1.165) is 25.7 Å². The van der Waals surface area contributed by atoms with Gasteiger partial charge in [-0.2, -0.15) is 0 Å². The van der Waals surface area contributed by atoms with Crippen LogP contribution in [-0.4, -0.2) is 13.1 Å². The maximum atomic E-state index is 10.9. The first-order chi connectivity index (χ1) is 10.8. The molecule has 0 heterocycles. The third kappa shape index (κ3) is 17.0. The van der Waals surface area contributed by atoms with Crippen LogP contribution in [0.5, 0.6) is 0 Å². The Morgan fingerprint density at radius 2 is 1.64 bits per heavy atom. The second-order valence-electron chi connectivity index (χ2n) is 5.21. The van der Waals surface area contributed by atoms with E-state index >= 15 is 0 Å². The molecule has 0 saturated carbocycles. The summed E-state index contributed by atoms with van der Waals surface area (Å²) in [4.78, 5) is 12.7. The van der Waals surface area contributed by atoms with Crippen molar-refractivity contribution in [3.05, 3.63) is 23.2 Å². The monoisotopic (exact) mass is 368 g/mol. The second-order valence-corrected chi connectivity index (χ2v) is 5.74. The first-order valence-electron chi connectivity index (χ1n) is 8.26. The number of unbranched alkanes of at least 4 members (excludes halogenated alkanes) is 8. The van der Waals surface area contributed by atoms with Crippen LogP contribution in [0, 0.1) is 11.8 Å². The Kier molecular flexibility index (Phi) is 17.2. The van der Waals surface area contributed by atoms with Crippen molar-refractivity contribution in [3.63, 3.8) is 0 Å². The summed E-state index contributed by atoms with van der Waals surface area (Å²) in [5.74, 6) is 5.99. The maximum Gasteiger partial charge on any atom is 0.305 e. The molecule has 0 saturated heterocycles. The third-order valence-corrected chi connectivity index (χ3v) is 3.58. The van der Waals surface area contributed by atoms with Gasteiger partial charge in [0.2, 0.25) is 0 Å². The van der Waals surface area contributed by atoms with E-state index in [2.05, 4.69) is 44.7 Å². The number of hydrogen-bond acceptors (Lipinski definition) is 2. The average molecular weight is 369 g/mol. The predicted octanol–water partition coefficient (Wildman–Crippen LogP) is 5.92. The van der Waals surface area contributed by atoms with Crippen molar-refractivity contribution in [2.24, 2.45) is 0 Å². The Morgan fingerprint density at radius 3 is 2.32 bits per heavy atom. The fraction of sp³-hybridized carbons (Fsp3) is 0.632. The van der Waals surface area contributed by atoms with Crippen LogP contribution < -0.4 is 0 Å². The molecule has 0 aliphatic heterocycles. The summed E-state index contributed by atoms with van der Waals surface area (Å²) in [7, 11) is 1.44. The molecule has 0 aliphatic rings. The van der Waals surface area contributed by atoms with Gasteiger partial charge in [0.15, 0.2) is 0 Å². The lowest BCUT2D eigenvalue weighted by molar-refractivity contribution is -0.140. The summed E-state index contributed by atoms with van der Waals surface area (Å²) in [6, 6.07) is 0. The van der Waals surface area contributed by atoms with Gasteiger partial charge in [-0.3, -0.25) is 4.79 Å². The molecule has 0 radical (unpaired) electrons. The molecule has 0 aromatic rings. The molecule has 0 amide bonds. The topological polar surface area (TPSA) is 26.3 Å². The molecule has 0 aromatic carbocycles. The highest BCUT2D eigenvalue weighted by Crippen LogP contribution is 2.09. The van der Waals surface area contributed by atoms with Crippen molar-refractivity contribution in [3.8, 4) is 11.8 Å². The standard InChI is InChI=1S/C19H29BrO2/c1-22-19(21)17-15-13-11-9-7-5-3-2-4-6-8-10-12-14-16-18-20/h9,11,16,18H,2-8,10,13,15,17H2,1H3. The summed E-state index contributed by atoms with van der Waals surface area (Å²) in [6.07, 6.45) is 18.5. The van der Waals surface area contributed by atoms with Crippen LogP contribution in [0.4, 0.5) is 0 Å². The Morgan fingerprint density at radius 1 is 1.00 bits per heavy atom. The number of allylic oxidation sites excluding steroid dienone is 3. The van der Waals surface area contributed by atoms with E-state index in [9.17, 15) is 4.79 Å². The van der Waals surface area contributed by atoms with Crippen LogP contribution >= 0.6 is 15.9 Å². The lowest BCUT2D eigenvalue weighted by Crippen LogP contribution is -1.98. The molecule has 0 N–H and O–H groups in total. The molecule has 0 aromatic heterocycles. The van der Waals surface area contributed by atoms with Crippen molar-refractivity contribution in [2.75, 3.05) is 7.11 Å². The van der Waals surface area contributed by atoms with E-state index in [1.54, 1.807) is 4.99 Å². The van der Waals surface area contributed by atoms with Crippen LogP contribution in [0.25, 0.3) is 0 Å². The van der Waals surface area contributed by atoms with Crippen molar-refractivity contribution in [1.82, 2.24) is 0 Å². The van der Waals surface area contributed by atoms with Gasteiger partial charge in [-0.05, 0) is 43.2 Å². The zero-order valence-electron chi connectivity index (χ0n) is 13.8. The smallest absolute Gasteiger partial charge is 0.305 e. The van der Waals surface area contributed by atoms with Gasteiger partial charge in [0, 0.05) is 12.8 Å². The van der Waals surface area contributed by atoms with E-state index < -0.39 is 0 Å². The van der Waals surface area contributed by atoms with Crippen LogP contribution in [0.2, 0.25) is 0 Å². The summed E-state index contributed by atoms with van der Waals surface area (Å²) in [5.41, 5.74) is 0. The third-order valence-electron chi connectivity index (χ3n) is 3.32. The number of hydrogen-bond donors (Lipinski definition) is 0. The highest BCUT2D eigenvalue weighted by Gasteiger charge is 1.96. The summed E-state index contributed by atoms with van der Waals surface area (Å²) in [6.45, 7) is 0. The molecule has 0 rings (SSSR count). The molecule has 3 heteroatoms. The Hall–Kier alpha value is -1.01. The molecule has 0 fully saturated rings. The van der Waals surface area contributed by atoms with Crippen molar-refractivity contribution >= 4 is 21.9 Å². The molecule has 22 heavy (non-hydrogen) atoms. The zero-order chi connectivity index (χ0) is 16.3. The maximum absolute atomic E-state index is 10.9. The average Bonchev–Trinajstić information content (AvgIpc) is 2.54. The van der Waals surface area contributed by atoms with Crippen LogP contribution in [0.15, 0.2) is 23.2 Å². The van der Waals surface area contributed by atoms with Gasteiger partial charge in [-0.1, -0.05) is 65.6 Å². The van der Waals surface area contributed by atoms with E-state index in [0.29, 0.717) is 6.42 Å². The van der Waals surface area contributed by atoms with Gasteiger partial charge in [0.05, 0.1) is 7.11 Å². The van der Waals surface area contributed by atoms with Gasteiger partial charge in [0.1, 0.15) is 0 Å². The summed E-state index contributed by atoms with van der Waals surface area (Å²) in [5, 5.41) is 0. The molecule has 0 spiro atoms. The predicted molar refractivity (Wildman–Crippen MR) is 97.8 cm³/mol. The number of carbonyl (C=O) groups is 1. The number of carbonyl (C=O) groups excluding carboxylic acids is 1. The SMILES string of the molecule is COC(=O)CCCC=CCCCCCCCCC#CC=CBr. The highest BCUT2D eigenvalue weighted by molar-refractivity contribution is 9.11. The van der Waals surface area contributed by atoms with E-state index in [4.69, 9.17) is 0 Å². The summed E-state index contributed by atoms with van der Waals surface area (Å²) < 4.78 is 4.60. The largest absolute Gasteiger partial charge is 0.469 e. The summed E-state index contributed by atoms with van der Waals surface area (Å²) >= 11 is 3.19. The number of rotatable bonds is 12. The van der Waals surface area contributed by atoms with Crippen LogP contribution in [-0.2, 0) is 9.53 Å². The quantitative estimate of drug-likeness (QED) is 0.185. The minimum atomic E-state index is -0.112.